The Labute approximate surface area is 121 Å². The van der Waals surface area contributed by atoms with Crippen molar-refractivity contribution in [2.75, 3.05) is 12.3 Å². The molecule has 1 atom stereocenters. The van der Waals surface area contributed by atoms with E-state index < -0.39 is 12.0 Å². The van der Waals surface area contributed by atoms with E-state index >= 15 is 0 Å². The van der Waals surface area contributed by atoms with E-state index in [0.29, 0.717) is 23.6 Å². The van der Waals surface area contributed by atoms with E-state index in [1.165, 1.54) is 22.7 Å². The molecular weight excluding hydrogens is 281 g/mol. The van der Waals surface area contributed by atoms with Crippen LogP contribution in [-0.2, 0) is 9.59 Å². The Morgan fingerprint density at radius 2 is 2.15 bits per heavy atom. The fourth-order valence-corrected chi connectivity index (χ4v) is 3.15. The molecule has 1 aliphatic heterocycles. The first kappa shape index (κ1) is 14.8. The van der Waals surface area contributed by atoms with Crippen LogP contribution in [0.2, 0.25) is 0 Å². The summed E-state index contributed by atoms with van der Waals surface area (Å²) in [6, 6.07) is 5.72. The molecule has 20 heavy (non-hydrogen) atoms. The zero-order valence-electron chi connectivity index (χ0n) is 10.9. The second kappa shape index (κ2) is 6.74. The molecule has 0 aromatic heterocycles. The van der Waals surface area contributed by atoms with Gasteiger partial charge in [-0.2, -0.15) is 0 Å². The minimum atomic E-state index is -0.947. The third kappa shape index (κ3) is 3.50. The van der Waals surface area contributed by atoms with Crippen molar-refractivity contribution in [2.45, 2.75) is 30.2 Å². The number of carbonyl (C=O) groups excluding carboxylic acids is 1. The van der Waals surface area contributed by atoms with Gasteiger partial charge in [-0.3, -0.25) is 4.79 Å². The molecule has 0 radical (unpaired) electrons. The van der Waals surface area contributed by atoms with Crippen LogP contribution in [-0.4, -0.2) is 40.2 Å². The molecule has 108 valence electrons. The standard InChI is InChI=1S/C14H16FNO3S/c15-10-4-1-2-6-12(10)20-9-7-13(17)16-8-3-5-11(16)14(18)19/h1-2,4,6,11H,3,5,7-9H2,(H,18,19)/t11-/m0/s1. The third-order valence-electron chi connectivity index (χ3n) is 3.27. The number of carboxylic acids is 1. The minimum absolute atomic E-state index is 0.168. The van der Waals surface area contributed by atoms with Gasteiger partial charge in [0, 0.05) is 23.6 Å². The van der Waals surface area contributed by atoms with Gasteiger partial charge in [-0.1, -0.05) is 12.1 Å². The molecular formula is C14H16FNO3S. The largest absolute Gasteiger partial charge is 0.480 e. The fraction of sp³-hybridized carbons (Fsp3) is 0.429. The van der Waals surface area contributed by atoms with Crippen molar-refractivity contribution in [3.8, 4) is 0 Å². The Bertz CT molecular complexity index is 509. The van der Waals surface area contributed by atoms with Crippen molar-refractivity contribution in [3.05, 3.63) is 30.1 Å². The van der Waals surface area contributed by atoms with E-state index in [1.807, 2.05) is 0 Å². The highest BCUT2D eigenvalue weighted by Crippen LogP contribution is 2.23. The molecule has 0 bridgehead atoms. The summed E-state index contributed by atoms with van der Waals surface area (Å²) in [5.41, 5.74) is 0. The lowest BCUT2D eigenvalue weighted by molar-refractivity contribution is -0.148. The smallest absolute Gasteiger partial charge is 0.326 e. The summed E-state index contributed by atoms with van der Waals surface area (Å²) in [7, 11) is 0. The number of nitrogens with zero attached hydrogens (tertiary/aromatic N) is 1. The molecule has 1 saturated heterocycles. The molecule has 1 aromatic carbocycles. The number of hydrogen-bond acceptors (Lipinski definition) is 3. The maximum atomic E-state index is 13.4. The molecule has 1 aliphatic rings. The van der Waals surface area contributed by atoms with Crippen molar-refractivity contribution in [1.82, 2.24) is 4.90 Å². The Hall–Kier alpha value is -1.56. The first-order chi connectivity index (χ1) is 9.59. The Balaban J connectivity index is 1.84. The van der Waals surface area contributed by atoms with Gasteiger partial charge < -0.3 is 10.0 Å². The number of likely N-dealkylation sites (tertiary alicyclic amines) is 1. The molecule has 4 nitrogen and oxygen atoms in total. The van der Waals surface area contributed by atoms with Crippen molar-refractivity contribution in [2.24, 2.45) is 0 Å². The maximum absolute atomic E-state index is 13.4. The van der Waals surface area contributed by atoms with Crippen LogP contribution in [0.5, 0.6) is 0 Å². The zero-order valence-corrected chi connectivity index (χ0v) is 11.7. The highest BCUT2D eigenvalue weighted by molar-refractivity contribution is 7.99. The Morgan fingerprint density at radius 3 is 2.85 bits per heavy atom. The number of rotatable bonds is 5. The predicted molar refractivity (Wildman–Crippen MR) is 74.1 cm³/mol. The van der Waals surface area contributed by atoms with Crippen LogP contribution in [0.4, 0.5) is 4.39 Å². The minimum Gasteiger partial charge on any atom is -0.480 e. The van der Waals surface area contributed by atoms with E-state index in [0.717, 1.165) is 6.42 Å². The number of carboxylic acid groups (broad SMARTS) is 1. The van der Waals surface area contributed by atoms with Crippen molar-refractivity contribution < 1.29 is 19.1 Å². The number of thioether (sulfide) groups is 1. The highest BCUT2D eigenvalue weighted by atomic mass is 32.2. The normalized spacial score (nSPS) is 18.2. The molecule has 1 fully saturated rings. The second-order valence-corrected chi connectivity index (χ2v) is 5.75. The van der Waals surface area contributed by atoms with Crippen LogP contribution < -0.4 is 0 Å². The summed E-state index contributed by atoms with van der Waals surface area (Å²) in [6.07, 6.45) is 1.47. The highest BCUT2D eigenvalue weighted by Gasteiger charge is 2.33. The van der Waals surface area contributed by atoms with Gasteiger partial charge in [-0.05, 0) is 25.0 Å². The summed E-state index contributed by atoms with van der Waals surface area (Å²) in [6.45, 7) is 0.500. The number of aliphatic carboxylic acids is 1. The molecule has 0 spiro atoms. The summed E-state index contributed by atoms with van der Waals surface area (Å²) in [5.74, 6) is -0.964. The molecule has 1 N–H and O–H groups in total. The van der Waals surface area contributed by atoms with E-state index in [1.54, 1.807) is 18.2 Å². The number of hydrogen-bond donors (Lipinski definition) is 1. The van der Waals surface area contributed by atoms with Gasteiger partial charge in [0.05, 0.1) is 0 Å². The van der Waals surface area contributed by atoms with Gasteiger partial charge in [0.1, 0.15) is 11.9 Å². The van der Waals surface area contributed by atoms with Crippen LogP contribution >= 0.6 is 11.8 Å². The second-order valence-electron chi connectivity index (χ2n) is 4.61. The molecule has 0 saturated carbocycles. The number of halogens is 1. The zero-order chi connectivity index (χ0) is 14.5. The summed E-state index contributed by atoms with van der Waals surface area (Å²) in [4.78, 5) is 24.9. The van der Waals surface area contributed by atoms with Gasteiger partial charge in [0.25, 0.3) is 0 Å². The fourth-order valence-electron chi connectivity index (χ4n) is 2.28. The quantitative estimate of drug-likeness (QED) is 0.848. The predicted octanol–water partition coefficient (Wildman–Crippen LogP) is 2.38. The van der Waals surface area contributed by atoms with Crippen LogP contribution in [0.15, 0.2) is 29.2 Å². The molecule has 1 aromatic rings. The lowest BCUT2D eigenvalue weighted by Crippen LogP contribution is -2.40. The van der Waals surface area contributed by atoms with E-state index in [2.05, 4.69) is 0 Å². The monoisotopic (exact) mass is 297 g/mol. The number of carbonyl (C=O) groups is 2. The summed E-state index contributed by atoms with van der Waals surface area (Å²) < 4.78 is 13.4. The number of benzene rings is 1. The summed E-state index contributed by atoms with van der Waals surface area (Å²) in [5, 5.41) is 9.02. The van der Waals surface area contributed by atoms with Crippen LogP contribution in [0.3, 0.4) is 0 Å². The first-order valence-corrected chi connectivity index (χ1v) is 7.48. The SMILES string of the molecule is O=C(O)[C@@H]1CCCN1C(=O)CCSc1ccccc1F. The van der Waals surface area contributed by atoms with E-state index in [-0.39, 0.29) is 18.1 Å². The van der Waals surface area contributed by atoms with Crippen LogP contribution in [0.25, 0.3) is 0 Å². The molecule has 0 aliphatic carbocycles. The van der Waals surface area contributed by atoms with Gasteiger partial charge >= 0.3 is 5.97 Å². The Kier molecular flexibility index (Phi) is 5.00. The van der Waals surface area contributed by atoms with Gasteiger partial charge in [0.2, 0.25) is 5.91 Å². The number of amides is 1. The van der Waals surface area contributed by atoms with Crippen LogP contribution in [0.1, 0.15) is 19.3 Å². The topological polar surface area (TPSA) is 57.6 Å². The third-order valence-corrected chi connectivity index (χ3v) is 4.32. The van der Waals surface area contributed by atoms with Gasteiger partial charge in [-0.25, -0.2) is 9.18 Å². The average Bonchev–Trinajstić information content (AvgIpc) is 2.90. The Morgan fingerprint density at radius 1 is 1.40 bits per heavy atom. The lowest BCUT2D eigenvalue weighted by Gasteiger charge is -2.21. The molecule has 6 heteroatoms. The average molecular weight is 297 g/mol. The summed E-state index contributed by atoms with van der Waals surface area (Å²) >= 11 is 1.27. The molecule has 1 heterocycles. The molecule has 0 unspecified atom stereocenters. The van der Waals surface area contributed by atoms with Crippen molar-refractivity contribution >= 4 is 23.6 Å². The first-order valence-electron chi connectivity index (χ1n) is 6.49. The van der Waals surface area contributed by atoms with Gasteiger partial charge in [-0.15, -0.1) is 11.8 Å². The van der Waals surface area contributed by atoms with Crippen LogP contribution in [0, 0.1) is 5.82 Å². The van der Waals surface area contributed by atoms with E-state index in [4.69, 9.17) is 5.11 Å². The lowest BCUT2D eigenvalue weighted by atomic mass is 10.2. The maximum Gasteiger partial charge on any atom is 0.326 e. The van der Waals surface area contributed by atoms with Crippen molar-refractivity contribution in [3.63, 3.8) is 0 Å². The van der Waals surface area contributed by atoms with Crippen molar-refractivity contribution in [1.29, 1.82) is 0 Å². The van der Waals surface area contributed by atoms with E-state index in [9.17, 15) is 14.0 Å². The molecule has 1 amide bonds. The van der Waals surface area contributed by atoms with Gasteiger partial charge in [0.15, 0.2) is 0 Å². The molecule has 2 rings (SSSR count).